The highest BCUT2D eigenvalue weighted by Crippen LogP contribution is 2.09. The molecular formula is C11H7ClN4O3. The molecule has 0 spiro atoms. The Hall–Kier alpha value is -2.54. The van der Waals surface area contributed by atoms with E-state index >= 15 is 0 Å². The summed E-state index contributed by atoms with van der Waals surface area (Å²) in [5, 5.41) is 11.3. The van der Waals surface area contributed by atoms with Gasteiger partial charge >= 0.3 is 5.97 Å². The van der Waals surface area contributed by atoms with Crippen molar-refractivity contribution in [2.45, 2.75) is 0 Å². The molecule has 2 heterocycles. The molecule has 0 bridgehead atoms. The normalized spacial score (nSPS) is 9.95. The number of anilines is 1. The molecule has 7 nitrogen and oxygen atoms in total. The van der Waals surface area contributed by atoms with Crippen LogP contribution in [-0.2, 0) is 0 Å². The van der Waals surface area contributed by atoms with Crippen molar-refractivity contribution in [3.05, 3.63) is 47.1 Å². The predicted molar refractivity (Wildman–Crippen MR) is 66.2 cm³/mol. The fourth-order valence-electron chi connectivity index (χ4n) is 1.26. The van der Waals surface area contributed by atoms with Crippen LogP contribution < -0.4 is 5.32 Å². The maximum atomic E-state index is 11.8. The Bertz CT molecular complexity index is 647. The van der Waals surface area contributed by atoms with E-state index in [1.54, 1.807) is 0 Å². The van der Waals surface area contributed by atoms with Gasteiger partial charge in [0.25, 0.3) is 5.91 Å². The molecule has 0 fully saturated rings. The van der Waals surface area contributed by atoms with Crippen LogP contribution in [0, 0.1) is 0 Å². The fourth-order valence-corrected chi connectivity index (χ4v) is 1.41. The van der Waals surface area contributed by atoms with Crippen LogP contribution in [0.15, 0.2) is 30.7 Å². The Morgan fingerprint density at radius 2 is 2.11 bits per heavy atom. The highest BCUT2D eigenvalue weighted by molar-refractivity contribution is 6.29. The van der Waals surface area contributed by atoms with Crippen LogP contribution in [0.4, 0.5) is 5.82 Å². The van der Waals surface area contributed by atoms with E-state index < -0.39 is 11.9 Å². The molecular weight excluding hydrogens is 272 g/mol. The van der Waals surface area contributed by atoms with Gasteiger partial charge in [-0.2, -0.15) is 0 Å². The highest BCUT2D eigenvalue weighted by atomic mass is 35.5. The van der Waals surface area contributed by atoms with E-state index in [-0.39, 0.29) is 22.2 Å². The topological polar surface area (TPSA) is 105 Å². The number of carboxylic acids is 1. The Morgan fingerprint density at radius 3 is 2.79 bits per heavy atom. The molecule has 0 aliphatic heterocycles. The third-order valence-corrected chi connectivity index (χ3v) is 2.27. The molecule has 0 unspecified atom stereocenters. The minimum Gasteiger partial charge on any atom is -0.478 e. The van der Waals surface area contributed by atoms with Gasteiger partial charge in [0.15, 0.2) is 0 Å². The molecule has 19 heavy (non-hydrogen) atoms. The number of pyridine rings is 1. The number of nitrogens with zero attached hydrogens (tertiary/aromatic N) is 3. The maximum absolute atomic E-state index is 11.8. The van der Waals surface area contributed by atoms with Crippen LogP contribution in [0.2, 0.25) is 5.15 Å². The molecule has 8 heteroatoms. The SMILES string of the molecule is O=C(O)c1ccnc(NC(=O)c2cncc(Cl)n2)c1. The number of aromatic nitrogens is 3. The minimum atomic E-state index is -1.11. The van der Waals surface area contributed by atoms with E-state index in [9.17, 15) is 9.59 Å². The summed E-state index contributed by atoms with van der Waals surface area (Å²) in [5.74, 6) is -1.59. The number of hydrogen-bond acceptors (Lipinski definition) is 5. The standard InChI is InChI=1S/C11H7ClN4O3/c12-8-5-13-4-7(15-8)10(17)16-9-3-6(11(18)19)1-2-14-9/h1-5H,(H,18,19)(H,14,16,17). The first kappa shape index (κ1) is 12.9. The monoisotopic (exact) mass is 278 g/mol. The zero-order chi connectivity index (χ0) is 13.8. The van der Waals surface area contributed by atoms with E-state index in [1.807, 2.05) is 0 Å². The second-order valence-corrected chi connectivity index (χ2v) is 3.80. The molecule has 96 valence electrons. The van der Waals surface area contributed by atoms with E-state index in [0.29, 0.717) is 0 Å². The van der Waals surface area contributed by atoms with Crippen molar-refractivity contribution in [1.29, 1.82) is 0 Å². The Kier molecular flexibility index (Phi) is 3.67. The van der Waals surface area contributed by atoms with Gasteiger partial charge in [0.2, 0.25) is 0 Å². The van der Waals surface area contributed by atoms with Gasteiger partial charge in [-0.1, -0.05) is 11.6 Å². The largest absolute Gasteiger partial charge is 0.478 e. The molecule has 0 aliphatic carbocycles. The van der Waals surface area contributed by atoms with Crippen molar-refractivity contribution in [2.24, 2.45) is 0 Å². The average molecular weight is 279 g/mol. The number of amides is 1. The summed E-state index contributed by atoms with van der Waals surface area (Å²) in [6, 6.07) is 2.55. The van der Waals surface area contributed by atoms with Gasteiger partial charge in [-0.05, 0) is 12.1 Å². The van der Waals surface area contributed by atoms with E-state index in [1.165, 1.54) is 30.7 Å². The van der Waals surface area contributed by atoms with E-state index in [0.717, 1.165) is 0 Å². The van der Waals surface area contributed by atoms with Crippen molar-refractivity contribution in [3.63, 3.8) is 0 Å². The first-order valence-electron chi connectivity index (χ1n) is 5.04. The molecule has 2 rings (SSSR count). The summed E-state index contributed by atoms with van der Waals surface area (Å²) < 4.78 is 0. The quantitative estimate of drug-likeness (QED) is 0.881. The molecule has 0 saturated carbocycles. The van der Waals surface area contributed by atoms with Crippen molar-refractivity contribution in [1.82, 2.24) is 15.0 Å². The lowest BCUT2D eigenvalue weighted by molar-refractivity contribution is 0.0696. The number of carbonyl (C=O) groups excluding carboxylic acids is 1. The third kappa shape index (κ3) is 3.23. The Morgan fingerprint density at radius 1 is 1.32 bits per heavy atom. The Labute approximate surface area is 112 Å². The third-order valence-electron chi connectivity index (χ3n) is 2.09. The molecule has 0 atom stereocenters. The number of carboxylic acid groups (broad SMARTS) is 1. The van der Waals surface area contributed by atoms with Gasteiger partial charge in [0.05, 0.1) is 18.0 Å². The first-order valence-corrected chi connectivity index (χ1v) is 5.42. The van der Waals surface area contributed by atoms with Crippen LogP contribution in [0.3, 0.4) is 0 Å². The van der Waals surface area contributed by atoms with Crippen LogP contribution in [0.5, 0.6) is 0 Å². The maximum Gasteiger partial charge on any atom is 0.335 e. The van der Waals surface area contributed by atoms with Crippen LogP contribution in [-0.4, -0.2) is 31.9 Å². The zero-order valence-electron chi connectivity index (χ0n) is 9.37. The predicted octanol–water partition coefficient (Wildman–Crippen LogP) is 1.48. The smallest absolute Gasteiger partial charge is 0.335 e. The molecule has 0 aromatic carbocycles. The molecule has 2 N–H and O–H groups in total. The Balaban J connectivity index is 2.19. The molecule has 0 saturated heterocycles. The fraction of sp³-hybridized carbons (Fsp3) is 0. The highest BCUT2D eigenvalue weighted by Gasteiger charge is 2.11. The first-order chi connectivity index (χ1) is 9.06. The number of rotatable bonds is 3. The number of carbonyl (C=O) groups is 2. The summed E-state index contributed by atoms with van der Waals surface area (Å²) >= 11 is 5.61. The van der Waals surface area contributed by atoms with Crippen molar-refractivity contribution in [2.75, 3.05) is 5.32 Å². The number of nitrogens with one attached hydrogen (secondary N) is 1. The number of hydrogen-bond donors (Lipinski definition) is 2. The minimum absolute atomic E-state index is 0.00929. The summed E-state index contributed by atoms with van der Waals surface area (Å²) in [6.45, 7) is 0. The molecule has 2 aromatic rings. The second-order valence-electron chi connectivity index (χ2n) is 3.42. The average Bonchev–Trinajstić information content (AvgIpc) is 2.39. The lowest BCUT2D eigenvalue weighted by atomic mass is 10.2. The molecule has 0 radical (unpaired) electrons. The molecule has 1 amide bonds. The summed E-state index contributed by atoms with van der Waals surface area (Å²) in [4.78, 5) is 33.9. The number of halogens is 1. The lowest BCUT2D eigenvalue weighted by Gasteiger charge is -2.04. The van der Waals surface area contributed by atoms with Crippen LogP contribution >= 0.6 is 11.6 Å². The summed E-state index contributed by atoms with van der Waals surface area (Å²) in [5.41, 5.74) is 0.0255. The van der Waals surface area contributed by atoms with Gasteiger partial charge in [-0.25, -0.2) is 14.8 Å². The molecule has 0 aliphatic rings. The number of aromatic carboxylic acids is 1. The van der Waals surface area contributed by atoms with Crippen LogP contribution in [0.25, 0.3) is 0 Å². The lowest BCUT2D eigenvalue weighted by Crippen LogP contribution is -2.15. The van der Waals surface area contributed by atoms with Crippen LogP contribution in [0.1, 0.15) is 20.8 Å². The zero-order valence-corrected chi connectivity index (χ0v) is 10.1. The van der Waals surface area contributed by atoms with Gasteiger partial charge in [0.1, 0.15) is 16.7 Å². The second kappa shape index (κ2) is 5.40. The van der Waals surface area contributed by atoms with Gasteiger partial charge in [-0.15, -0.1) is 0 Å². The van der Waals surface area contributed by atoms with E-state index in [2.05, 4.69) is 20.3 Å². The summed E-state index contributed by atoms with van der Waals surface area (Å²) in [7, 11) is 0. The van der Waals surface area contributed by atoms with Crippen molar-refractivity contribution in [3.8, 4) is 0 Å². The van der Waals surface area contributed by atoms with E-state index in [4.69, 9.17) is 16.7 Å². The van der Waals surface area contributed by atoms with Gasteiger partial charge < -0.3 is 10.4 Å². The molecule has 2 aromatic heterocycles. The van der Waals surface area contributed by atoms with Gasteiger partial charge in [0, 0.05) is 6.20 Å². The van der Waals surface area contributed by atoms with Crippen molar-refractivity contribution >= 4 is 29.3 Å². The summed E-state index contributed by atoms with van der Waals surface area (Å²) in [6.07, 6.45) is 3.81. The van der Waals surface area contributed by atoms with Gasteiger partial charge in [-0.3, -0.25) is 9.78 Å². The van der Waals surface area contributed by atoms with Crippen molar-refractivity contribution < 1.29 is 14.7 Å².